The van der Waals surface area contributed by atoms with Crippen LogP contribution in [0.4, 0.5) is 5.69 Å². The van der Waals surface area contributed by atoms with Gasteiger partial charge in [0, 0.05) is 60.8 Å². The van der Waals surface area contributed by atoms with Gasteiger partial charge in [0.05, 0.1) is 35.2 Å². The van der Waals surface area contributed by atoms with E-state index >= 15 is 0 Å². The molecule has 4 heterocycles. The Morgan fingerprint density at radius 2 is 1.74 bits per heavy atom. The van der Waals surface area contributed by atoms with Crippen molar-refractivity contribution in [3.8, 4) is 28.4 Å². The van der Waals surface area contributed by atoms with Gasteiger partial charge < -0.3 is 25.3 Å². The molecule has 7 rings (SSSR count). The van der Waals surface area contributed by atoms with E-state index < -0.39 is 5.91 Å². The number of anilines is 1. The highest BCUT2D eigenvalue weighted by molar-refractivity contribution is 6.34. The summed E-state index contributed by atoms with van der Waals surface area (Å²) in [5.74, 6) is 0.306. The van der Waals surface area contributed by atoms with E-state index in [1.165, 1.54) is 6.20 Å². The number of hydrogen-bond acceptors (Lipinski definition) is 8. The Hall–Kier alpha value is -4.45. The van der Waals surface area contributed by atoms with Crippen LogP contribution in [0.1, 0.15) is 65.4 Å². The number of nitrogens with zero attached hydrogens (tertiary/aromatic N) is 4. The fourth-order valence-electron chi connectivity index (χ4n) is 5.81. The van der Waals surface area contributed by atoms with Crippen LogP contribution in [-0.4, -0.2) is 71.1 Å². The molecule has 248 valence electrons. The Labute approximate surface area is 280 Å². The van der Waals surface area contributed by atoms with Crippen LogP contribution in [0.5, 0.6) is 11.5 Å². The molecule has 4 aromatic rings. The van der Waals surface area contributed by atoms with Crippen LogP contribution >= 0.6 is 11.6 Å². The van der Waals surface area contributed by atoms with Crippen molar-refractivity contribution in [1.29, 1.82) is 0 Å². The summed E-state index contributed by atoms with van der Waals surface area (Å²) in [5, 5.41) is 7.90. The number of benzene rings is 2. The van der Waals surface area contributed by atoms with Gasteiger partial charge in [0.15, 0.2) is 17.2 Å². The van der Waals surface area contributed by atoms with E-state index in [0.29, 0.717) is 47.7 Å². The predicted octanol–water partition coefficient (Wildman–Crippen LogP) is 5.69. The Morgan fingerprint density at radius 1 is 0.979 bits per heavy atom. The normalized spacial score (nSPS) is 14.5. The van der Waals surface area contributed by atoms with Crippen LogP contribution in [-0.2, 0) is 24.0 Å². The molecule has 0 atom stereocenters. The average Bonchev–Trinajstić information content (AvgIpc) is 3.75. The second-order valence-electron chi connectivity index (χ2n) is 10.7. The van der Waals surface area contributed by atoms with E-state index in [1.807, 2.05) is 64.1 Å². The van der Waals surface area contributed by atoms with Crippen LogP contribution in [0, 0.1) is 0 Å². The maximum Gasteiger partial charge on any atom is 0.269 e. The molecule has 2 aromatic carbocycles. The van der Waals surface area contributed by atoms with Crippen molar-refractivity contribution in [2.45, 2.75) is 47.0 Å². The topological polar surface area (TPSA) is 134 Å². The molecule has 0 bridgehead atoms. The Balaban J connectivity index is 0.00000105. The first-order valence-corrected chi connectivity index (χ1v) is 16.5. The molecule has 2 amide bonds. The molecule has 2 aromatic heterocycles. The molecule has 1 aliphatic carbocycles. The van der Waals surface area contributed by atoms with Crippen molar-refractivity contribution in [2.75, 3.05) is 45.0 Å². The first-order valence-electron chi connectivity index (χ1n) is 16.2. The van der Waals surface area contributed by atoms with Gasteiger partial charge in [-0.05, 0) is 48.7 Å². The number of amides is 2. The largest absolute Gasteiger partial charge is 0.454 e. The number of primary amides is 1. The molecule has 0 saturated carbocycles. The maximum absolute atomic E-state index is 13.4. The highest BCUT2D eigenvalue weighted by Crippen LogP contribution is 2.40. The summed E-state index contributed by atoms with van der Waals surface area (Å²) < 4.78 is 18.2. The number of carbonyl (C=O) groups excluding carboxylic acids is 2. The van der Waals surface area contributed by atoms with Gasteiger partial charge in [-0.3, -0.25) is 19.5 Å². The molecule has 0 unspecified atom stereocenters. The predicted molar refractivity (Wildman–Crippen MR) is 182 cm³/mol. The molecule has 11 nitrogen and oxygen atoms in total. The lowest BCUT2D eigenvalue weighted by Gasteiger charge is -2.26. The number of carbonyl (C=O) groups is 2. The van der Waals surface area contributed by atoms with Crippen LogP contribution in [0.3, 0.4) is 0 Å². The fraction of sp³-hybridized carbons (Fsp3) is 0.371. The molecule has 12 heteroatoms. The molecule has 3 N–H and O–H groups in total. The molecular weight excluding hydrogens is 620 g/mol. The third kappa shape index (κ3) is 7.27. The number of ether oxygens (including phenoxy) is 3. The summed E-state index contributed by atoms with van der Waals surface area (Å²) in [6, 6.07) is 13.0. The molecule has 0 spiro atoms. The van der Waals surface area contributed by atoms with Crippen LogP contribution < -0.4 is 20.5 Å². The van der Waals surface area contributed by atoms with Gasteiger partial charge in [0.25, 0.3) is 11.8 Å². The number of pyridine rings is 1. The Bertz CT molecular complexity index is 1750. The van der Waals surface area contributed by atoms with E-state index in [0.717, 1.165) is 60.9 Å². The minimum atomic E-state index is -0.597. The molecule has 1 fully saturated rings. The van der Waals surface area contributed by atoms with Crippen molar-refractivity contribution in [2.24, 2.45) is 5.73 Å². The van der Waals surface area contributed by atoms with E-state index in [9.17, 15) is 9.59 Å². The second kappa shape index (κ2) is 15.4. The van der Waals surface area contributed by atoms with Gasteiger partial charge in [-0.1, -0.05) is 45.4 Å². The molecule has 0 radical (unpaired) electrons. The SMILES string of the molecule is CC.CC.NC(=O)c1nn(-c2ccc3c(c2)OCO3)c2c1CCc1ccc(NC(=O)c3cc(CCN4CCOCC4)ncc3Cl)cc1-2. The fourth-order valence-corrected chi connectivity index (χ4v) is 6.00. The lowest BCUT2D eigenvalue weighted by Crippen LogP contribution is -2.37. The summed E-state index contributed by atoms with van der Waals surface area (Å²) in [7, 11) is 0. The number of nitrogens with two attached hydrogens (primary N) is 1. The van der Waals surface area contributed by atoms with Crippen molar-refractivity contribution < 1.29 is 23.8 Å². The third-order valence-electron chi connectivity index (χ3n) is 8.03. The van der Waals surface area contributed by atoms with Crippen LogP contribution in [0.15, 0.2) is 48.7 Å². The Kier molecular flexibility index (Phi) is 11.1. The quantitative estimate of drug-likeness (QED) is 0.258. The number of morpholine rings is 1. The monoisotopic (exact) mass is 660 g/mol. The number of rotatable bonds is 7. The number of halogens is 1. The number of fused-ring (bicyclic) bond motifs is 4. The molecular formula is C35H41ClN6O5. The second-order valence-corrected chi connectivity index (χ2v) is 11.1. The summed E-state index contributed by atoms with van der Waals surface area (Å²) >= 11 is 6.42. The lowest BCUT2D eigenvalue weighted by molar-refractivity contribution is 0.0383. The number of nitrogens with one attached hydrogen (secondary N) is 1. The molecule has 1 saturated heterocycles. The zero-order valence-corrected chi connectivity index (χ0v) is 28.0. The summed E-state index contributed by atoms with van der Waals surface area (Å²) in [4.78, 5) is 32.6. The highest BCUT2D eigenvalue weighted by atomic mass is 35.5. The van der Waals surface area contributed by atoms with Gasteiger partial charge in [-0.2, -0.15) is 5.10 Å². The molecule has 2 aliphatic heterocycles. The van der Waals surface area contributed by atoms with Crippen molar-refractivity contribution in [3.05, 3.63) is 81.8 Å². The number of hydrogen-bond donors (Lipinski definition) is 2. The van der Waals surface area contributed by atoms with Crippen molar-refractivity contribution in [3.63, 3.8) is 0 Å². The Morgan fingerprint density at radius 3 is 2.51 bits per heavy atom. The first kappa shape index (κ1) is 33.9. The zero-order chi connectivity index (χ0) is 33.5. The number of aryl methyl sites for hydroxylation is 1. The first-order chi connectivity index (χ1) is 22.9. The van der Waals surface area contributed by atoms with Crippen molar-refractivity contribution >= 4 is 29.1 Å². The zero-order valence-electron chi connectivity index (χ0n) is 27.3. The van der Waals surface area contributed by atoms with E-state index in [4.69, 9.17) is 31.5 Å². The minimum Gasteiger partial charge on any atom is -0.454 e. The lowest BCUT2D eigenvalue weighted by atomic mass is 9.88. The van der Waals surface area contributed by atoms with Gasteiger partial charge in [0.1, 0.15) is 0 Å². The standard InChI is InChI=1S/C31H29ClN6O5.2C2H6/c32-25-16-34-19(7-8-37-9-11-41-12-10-37)13-24(25)31(40)35-20-3-1-18-2-5-22-28(30(33)39)36-38(29(22)23(18)14-20)21-4-6-26-27(15-21)43-17-42-26;2*1-2/h1,3-4,6,13-16H,2,5,7-12,17H2,(H2,33,39)(H,35,40);2*1-2H3. The van der Waals surface area contributed by atoms with Gasteiger partial charge >= 0.3 is 0 Å². The summed E-state index contributed by atoms with van der Waals surface area (Å²) in [5.41, 5.74) is 11.8. The van der Waals surface area contributed by atoms with Gasteiger partial charge in [0.2, 0.25) is 6.79 Å². The summed E-state index contributed by atoms with van der Waals surface area (Å²) in [6.07, 6.45) is 3.54. The van der Waals surface area contributed by atoms with E-state index in [-0.39, 0.29) is 23.4 Å². The van der Waals surface area contributed by atoms with Crippen molar-refractivity contribution in [1.82, 2.24) is 19.7 Å². The third-order valence-corrected chi connectivity index (χ3v) is 8.33. The van der Waals surface area contributed by atoms with Gasteiger partial charge in [-0.25, -0.2) is 4.68 Å². The van der Waals surface area contributed by atoms with E-state index in [1.54, 1.807) is 10.7 Å². The minimum absolute atomic E-state index is 0.144. The van der Waals surface area contributed by atoms with Crippen LogP contribution in [0.25, 0.3) is 16.9 Å². The average molecular weight is 661 g/mol. The molecule has 3 aliphatic rings. The number of aromatic nitrogens is 3. The molecule has 47 heavy (non-hydrogen) atoms. The smallest absolute Gasteiger partial charge is 0.269 e. The maximum atomic E-state index is 13.4. The highest BCUT2D eigenvalue weighted by Gasteiger charge is 2.29. The van der Waals surface area contributed by atoms with E-state index in [2.05, 4.69) is 20.3 Å². The van der Waals surface area contributed by atoms with Gasteiger partial charge in [-0.15, -0.1) is 0 Å². The van der Waals surface area contributed by atoms with Crippen LogP contribution in [0.2, 0.25) is 5.02 Å². The summed E-state index contributed by atoms with van der Waals surface area (Å²) in [6.45, 7) is 12.2.